The molecule has 1 atom stereocenters. The molecule has 0 aliphatic carbocycles. The zero-order valence-corrected chi connectivity index (χ0v) is 19.1. The van der Waals surface area contributed by atoms with Crippen LogP contribution in [0.2, 0.25) is 0 Å². The van der Waals surface area contributed by atoms with Crippen LogP contribution in [0.1, 0.15) is 6.42 Å². The largest absolute Gasteiger partial charge is 0.355 e. The van der Waals surface area contributed by atoms with Crippen molar-refractivity contribution >= 4 is 21.7 Å². The third-order valence-corrected chi connectivity index (χ3v) is 8.13. The number of sulfone groups is 1. The molecular formula is C21H28FN7O3S. The normalized spacial score (nSPS) is 21.0. The van der Waals surface area contributed by atoms with E-state index >= 15 is 0 Å². The van der Waals surface area contributed by atoms with Gasteiger partial charge in [0.25, 0.3) is 0 Å². The maximum Gasteiger partial charge on any atom is 0.245 e. The second-order valence-corrected chi connectivity index (χ2v) is 10.6. The third kappa shape index (κ3) is 6.21. The standard InChI is InChI=1S/C21H28FN7O3S/c22-17-3-1-16(2-4-17)19-14-25-27-21(26-19)29-10-8-28(9-11-29)15-20(30)24-6-5-18-13-23-7-12-33(18,31)32/h1-4,14,18,23H,5-13,15H2,(H,24,30). The summed E-state index contributed by atoms with van der Waals surface area (Å²) in [4.78, 5) is 20.9. The van der Waals surface area contributed by atoms with Crippen molar-refractivity contribution in [3.63, 3.8) is 0 Å². The SMILES string of the molecule is O=C(CN1CCN(c2nncc(-c3ccc(F)cc3)n2)CC1)NCCC1CNCCS1(=O)=O. The van der Waals surface area contributed by atoms with E-state index in [1.165, 1.54) is 12.1 Å². The maximum atomic E-state index is 13.2. The number of halogens is 1. The molecule has 0 bridgehead atoms. The first-order valence-electron chi connectivity index (χ1n) is 11.0. The molecule has 2 N–H and O–H groups in total. The molecule has 2 aromatic rings. The topological polar surface area (TPSA) is 120 Å². The van der Waals surface area contributed by atoms with Gasteiger partial charge in [-0.1, -0.05) is 0 Å². The lowest BCUT2D eigenvalue weighted by molar-refractivity contribution is -0.122. The number of aromatic nitrogens is 3. The van der Waals surface area contributed by atoms with Crippen LogP contribution in [0.25, 0.3) is 11.3 Å². The second-order valence-electron chi connectivity index (χ2n) is 8.24. The molecular weight excluding hydrogens is 449 g/mol. The van der Waals surface area contributed by atoms with E-state index < -0.39 is 15.1 Å². The fourth-order valence-electron chi connectivity index (χ4n) is 3.98. The summed E-state index contributed by atoms with van der Waals surface area (Å²) in [6.45, 7) is 4.17. The van der Waals surface area contributed by atoms with Crippen molar-refractivity contribution in [1.82, 2.24) is 30.7 Å². The molecule has 10 nitrogen and oxygen atoms in total. The highest BCUT2D eigenvalue weighted by atomic mass is 32.2. The molecule has 12 heteroatoms. The Balaban J connectivity index is 1.22. The van der Waals surface area contributed by atoms with Crippen LogP contribution in [0, 0.1) is 5.82 Å². The van der Waals surface area contributed by atoms with Gasteiger partial charge in [0.1, 0.15) is 5.82 Å². The van der Waals surface area contributed by atoms with Crippen molar-refractivity contribution in [3.8, 4) is 11.3 Å². The minimum Gasteiger partial charge on any atom is -0.355 e. The van der Waals surface area contributed by atoms with Crippen LogP contribution in [-0.4, -0.2) is 97.8 Å². The monoisotopic (exact) mass is 477 g/mol. The molecule has 1 aromatic carbocycles. The average Bonchev–Trinajstić information content (AvgIpc) is 2.81. The van der Waals surface area contributed by atoms with Gasteiger partial charge >= 0.3 is 0 Å². The average molecular weight is 478 g/mol. The Hall–Kier alpha value is -2.70. The minimum atomic E-state index is -3.07. The van der Waals surface area contributed by atoms with E-state index in [1.807, 2.05) is 9.80 Å². The van der Waals surface area contributed by atoms with E-state index in [0.717, 1.165) is 5.56 Å². The summed E-state index contributed by atoms with van der Waals surface area (Å²) < 4.78 is 37.3. The number of anilines is 1. The van der Waals surface area contributed by atoms with Crippen LogP contribution in [0.4, 0.5) is 10.3 Å². The number of benzene rings is 1. The highest BCUT2D eigenvalue weighted by Gasteiger charge is 2.28. The fourth-order valence-corrected chi connectivity index (χ4v) is 5.59. The van der Waals surface area contributed by atoms with Gasteiger partial charge < -0.3 is 15.5 Å². The number of rotatable bonds is 7. The molecule has 1 unspecified atom stereocenters. The highest BCUT2D eigenvalue weighted by molar-refractivity contribution is 7.92. The number of hydrogen-bond donors (Lipinski definition) is 2. The number of hydrogen-bond acceptors (Lipinski definition) is 9. The lowest BCUT2D eigenvalue weighted by Crippen LogP contribution is -2.50. The molecule has 2 saturated heterocycles. The lowest BCUT2D eigenvalue weighted by Gasteiger charge is -2.34. The highest BCUT2D eigenvalue weighted by Crippen LogP contribution is 2.19. The van der Waals surface area contributed by atoms with Crippen molar-refractivity contribution < 1.29 is 17.6 Å². The molecule has 0 spiro atoms. The van der Waals surface area contributed by atoms with Crippen LogP contribution in [0.3, 0.4) is 0 Å². The van der Waals surface area contributed by atoms with Crippen LogP contribution >= 0.6 is 0 Å². The van der Waals surface area contributed by atoms with Gasteiger partial charge in [-0.2, -0.15) is 5.10 Å². The fraction of sp³-hybridized carbons (Fsp3) is 0.524. The quantitative estimate of drug-likeness (QED) is 0.553. The van der Waals surface area contributed by atoms with Gasteiger partial charge in [-0.3, -0.25) is 9.69 Å². The number of nitrogens with one attached hydrogen (secondary N) is 2. The first kappa shape index (κ1) is 23.5. The van der Waals surface area contributed by atoms with Gasteiger partial charge in [-0.05, 0) is 30.7 Å². The van der Waals surface area contributed by atoms with Gasteiger partial charge in [0.05, 0.1) is 29.4 Å². The van der Waals surface area contributed by atoms with Crippen molar-refractivity contribution in [1.29, 1.82) is 0 Å². The lowest BCUT2D eigenvalue weighted by atomic mass is 10.2. The molecule has 3 heterocycles. The van der Waals surface area contributed by atoms with Crippen molar-refractivity contribution in [2.24, 2.45) is 0 Å². The smallest absolute Gasteiger partial charge is 0.245 e. The first-order chi connectivity index (χ1) is 15.9. The molecule has 2 aliphatic heterocycles. The van der Waals surface area contributed by atoms with E-state index in [2.05, 4.69) is 25.8 Å². The summed E-state index contributed by atoms with van der Waals surface area (Å²) in [5.41, 5.74) is 1.39. The summed E-state index contributed by atoms with van der Waals surface area (Å²) in [5, 5.41) is 13.7. The van der Waals surface area contributed by atoms with E-state index in [4.69, 9.17) is 0 Å². The Bertz CT molecular complexity index is 1060. The van der Waals surface area contributed by atoms with Crippen LogP contribution in [0.5, 0.6) is 0 Å². The Morgan fingerprint density at radius 2 is 1.94 bits per heavy atom. The number of amides is 1. The number of carbonyl (C=O) groups is 1. The summed E-state index contributed by atoms with van der Waals surface area (Å²) in [6, 6.07) is 6.07. The minimum absolute atomic E-state index is 0.110. The summed E-state index contributed by atoms with van der Waals surface area (Å²) in [7, 11) is -3.07. The predicted octanol–water partition coefficient (Wildman–Crippen LogP) is -0.307. The van der Waals surface area contributed by atoms with Gasteiger partial charge in [-0.15, -0.1) is 5.10 Å². The van der Waals surface area contributed by atoms with Crippen LogP contribution in [0.15, 0.2) is 30.5 Å². The molecule has 33 heavy (non-hydrogen) atoms. The van der Waals surface area contributed by atoms with Gasteiger partial charge in [0.15, 0.2) is 9.84 Å². The van der Waals surface area contributed by atoms with Crippen LogP contribution in [-0.2, 0) is 14.6 Å². The van der Waals surface area contributed by atoms with E-state index in [9.17, 15) is 17.6 Å². The summed E-state index contributed by atoms with van der Waals surface area (Å²) in [6.07, 6.45) is 1.97. The van der Waals surface area contributed by atoms with Crippen molar-refractivity contribution in [3.05, 3.63) is 36.3 Å². The maximum absolute atomic E-state index is 13.2. The molecule has 1 aromatic heterocycles. The number of carbonyl (C=O) groups excluding carboxylic acids is 1. The van der Waals surface area contributed by atoms with E-state index in [1.54, 1.807) is 18.3 Å². The molecule has 4 rings (SSSR count). The summed E-state index contributed by atoms with van der Waals surface area (Å²) in [5.74, 6) is 0.239. The zero-order valence-electron chi connectivity index (χ0n) is 18.3. The van der Waals surface area contributed by atoms with Crippen molar-refractivity contribution in [2.45, 2.75) is 11.7 Å². The Morgan fingerprint density at radius 1 is 1.18 bits per heavy atom. The molecule has 0 saturated carbocycles. The van der Waals surface area contributed by atoms with E-state index in [0.29, 0.717) is 63.9 Å². The van der Waals surface area contributed by atoms with Crippen molar-refractivity contribution in [2.75, 3.05) is 63.0 Å². The number of nitrogens with zero attached hydrogens (tertiary/aromatic N) is 5. The predicted molar refractivity (Wildman–Crippen MR) is 122 cm³/mol. The van der Waals surface area contributed by atoms with E-state index in [-0.39, 0.29) is 24.0 Å². The molecule has 0 radical (unpaired) electrons. The molecule has 1 amide bonds. The molecule has 2 fully saturated rings. The van der Waals surface area contributed by atoms with Gasteiger partial charge in [0, 0.05) is 51.4 Å². The second kappa shape index (κ2) is 10.5. The van der Waals surface area contributed by atoms with Gasteiger partial charge in [0.2, 0.25) is 11.9 Å². The Morgan fingerprint density at radius 3 is 2.67 bits per heavy atom. The Labute approximate surface area is 192 Å². The number of piperazine rings is 1. The van der Waals surface area contributed by atoms with Crippen LogP contribution < -0.4 is 15.5 Å². The molecule has 2 aliphatic rings. The summed E-state index contributed by atoms with van der Waals surface area (Å²) >= 11 is 0. The van der Waals surface area contributed by atoms with Gasteiger partial charge in [-0.25, -0.2) is 17.8 Å². The first-order valence-corrected chi connectivity index (χ1v) is 12.7. The Kier molecular flexibility index (Phi) is 7.46. The zero-order chi connectivity index (χ0) is 23.3. The third-order valence-electron chi connectivity index (χ3n) is 5.94. The molecule has 178 valence electrons.